The molecule has 2 nitrogen and oxygen atoms in total. The van der Waals surface area contributed by atoms with Gasteiger partial charge in [-0.05, 0) is 13.0 Å². The Morgan fingerprint density at radius 3 is 2.75 bits per heavy atom. The maximum absolute atomic E-state index is 11.0. The molecular formula is C8H17NOS2. The van der Waals surface area contributed by atoms with Crippen LogP contribution in [0.2, 0.25) is 0 Å². The minimum atomic E-state index is -0.654. The van der Waals surface area contributed by atoms with E-state index in [4.69, 9.17) is 0 Å². The molecule has 0 aromatic rings. The van der Waals surface area contributed by atoms with Crippen LogP contribution in [0, 0.1) is 0 Å². The van der Waals surface area contributed by atoms with E-state index >= 15 is 0 Å². The highest BCUT2D eigenvalue weighted by atomic mass is 32.2. The van der Waals surface area contributed by atoms with Crippen molar-refractivity contribution in [2.75, 3.05) is 24.3 Å². The predicted octanol–water partition coefficient (Wildman–Crippen LogP) is 0.849. The van der Waals surface area contributed by atoms with Crippen molar-refractivity contribution in [3.8, 4) is 0 Å². The van der Waals surface area contributed by atoms with E-state index in [1.54, 1.807) is 6.26 Å². The van der Waals surface area contributed by atoms with Gasteiger partial charge in [0, 0.05) is 39.9 Å². The van der Waals surface area contributed by atoms with Crippen LogP contribution in [-0.2, 0) is 10.8 Å². The Kier molecular flexibility index (Phi) is 4.61. The van der Waals surface area contributed by atoms with Crippen LogP contribution in [0.25, 0.3) is 0 Å². The third-order valence-corrected chi connectivity index (χ3v) is 4.83. The number of nitrogens with one attached hydrogen (secondary N) is 1. The van der Waals surface area contributed by atoms with Gasteiger partial charge < -0.3 is 5.32 Å². The molecule has 0 radical (unpaired) electrons. The average molecular weight is 207 g/mol. The van der Waals surface area contributed by atoms with Crippen molar-refractivity contribution in [3.63, 3.8) is 0 Å². The summed E-state index contributed by atoms with van der Waals surface area (Å²) in [6.45, 7) is 3.07. The molecule has 0 saturated carbocycles. The maximum Gasteiger partial charge on any atom is 0.0329 e. The van der Waals surface area contributed by atoms with E-state index in [1.165, 1.54) is 11.5 Å². The standard InChI is InChI=1S/C8H17NOS2/c1-7(12(2)10)3-4-9-8-5-11-6-8/h7-9H,3-6H2,1-2H3. The topological polar surface area (TPSA) is 29.1 Å². The molecule has 2 atom stereocenters. The third-order valence-electron chi connectivity index (χ3n) is 2.19. The number of thioether (sulfide) groups is 1. The Morgan fingerprint density at radius 1 is 1.67 bits per heavy atom. The molecule has 1 saturated heterocycles. The van der Waals surface area contributed by atoms with Gasteiger partial charge in [-0.3, -0.25) is 4.21 Å². The summed E-state index contributed by atoms with van der Waals surface area (Å²) in [6.07, 6.45) is 2.81. The second-order valence-electron chi connectivity index (χ2n) is 3.29. The fourth-order valence-electron chi connectivity index (χ4n) is 1.01. The zero-order chi connectivity index (χ0) is 8.97. The molecule has 0 bridgehead atoms. The molecule has 0 spiro atoms. The van der Waals surface area contributed by atoms with Crippen LogP contribution in [0.3, 0.4) is 0 Å². The first kappa shape index (κ1) is 10.5. The summed E-state index contributed by atoms with van der Waals surface area (Å²) in [6, 6.07) is 0.729. The molecule has 12 heavy (non-hydrogen) atoms. The third kappa shape index (κ3) is 3.46. The van der Waals surface area contributed by atoms with Crippen LogP contribution in [0.15, 0.2) is 0 Å². The molecular weight excluding hydrogens is 190 g/mol. The second kappa shape index (κ2) is 5.25. The summed E-state index contributed by atoms with van der Waals surface area (Å²) in [5.41, 5.74) is 0. The average Bonchev–Trinajstić information content (AvgIpc) is 1.93. The van der Waals surface area contributed by atoms with Gasteiger partial charge >= 0.3 is 0 Å². The lowest BCUT2D eigenvalue weighted by atomic mass is 10.3. The Hall–Kier alpha value is 0.460. The molecule has 0 aliphatic carbocycles. The van der Waals surface area contributed by atoms with Gasteiger partial charge in [-0.1, -0.05) is 6.92 Å². The fourth-order valence-corrected chi connectivity index (χ4v) is 2.17. The van der Waals surface area contributed by atoms with Gasteiger partial charge in [0.25, 0.3) is 0 Å². The van der Waals surface area contributed by atoms with Crippen LogP contribution in [0.5, 0.6) is 0 Å². The summed E-state index contributed by atoms with van der Waals surface area (Å²) in [5, 5.41) is 3.79. The maximum atomic E-state index is 11.0. The van der Waals surface area contributed by atoms with Gasteiger partial charge in [0.1, 0.15) is 0 Å². The lowest BCUT2D eigenvalue weighted by Gasteiger charge is -2.26. The van der Waals surface area contributed by atoms with Gasteiger partial charge in [0.2, 0.25) is 0 Å². The molecule has 72 valence electrons. The molecule has 1 aliphatic heterocycles. The van der Waals surface area contributed by atoms with Crippen LogP contribution >= 0.6 is 11.8 Å². The first-order valence-electron chi connectivity index (χ1n) is 4.33. The molecule has 1 fully saturated rings. The first-order chi connectivity index (χ1) is 5.70. The quantitative estimate of drug-likeness (QED) is 0.724. The largest absolute Gasteiger partial charge is 0.312 e. The molecule has 0 amide bonds. The minimum Gasteiger partial charge on any atom is -0.312 e. The zero-order valence-corrected chi connectivity index (χ0v) is 9.34. The van der Waals surface area contributed by atoms with E-state index < -0.39 is 10.8 Å². The number of rotatable bonds is 5. The molecule has 0 aromatic heterocycles. The van der Waals surface area contributed by atoms with Gasteiger partial charge in [0.05, 0.1) is 0 Å². The highest BCUT2D eigenvalue weighted by molar-refractivity contribution is 8.00. The summed E-state index contributed by atoms with van der Waals surface area (Å²) < 4.78 is 11.0. The van der Waals surface area contributed by atoms with Gasteiger partial charge in [0.15, 0.2) is 0 Å². The van der Waals surface area contributed by atoms with Crippen LogP contribution in [0.1, 0.15) is 13.3 Å². The molecule has 2 unspecified atom stereocenters. The van der Waals surface area contributed by atoms with Crippen LogP contribution < -0.4 is 5.32 Å². The summed E-state index contributed by atoms with van der Waals surface area (Å²) in [7, 11) is -0.654. The van der Waals surface area contributed by atoms with E-state index in [9.17, 15) is 4.21 Å². The summed E-state index contributed by atoms with van der Waals surface area (Å²) >= 11 is 1.99. The van der Waals surface area contributed by atoms with E-state index in [-0.39, 0.29) is 0 Å². The molecule has 1 N–H and O–H groups in total. The highest BCUT2D eigenvalue weighted by Gasteiger charge is 2.17. The van der Waals surface area contributed by atoms with E-state index in [0.717, 1.165) is 19.0 Å². The predicted molar refractivity (Wildman–Crippen MR) is 57.3 cm³/mol. The van der Waals surface area contributed by atoms with Crippen molar-refractivity contribution in [1.82, 2.24) is 5.32 Å². The smallest absolute Gasteiger partial charge is 0.0329 e. The molecule has 1 heterocycles. The van der Waals surface area contributed by atoms with Crippen molar-refractivity contribution in [1.29, 1.82) is 0 Å². The second-order valence-corrected chi connectivity index (χ2v) is 6.16. The summed E-state index contributed by atoms with van der Waals surface area (Å²) in [4.78, 5) is 0. The van der Waals surface area contributed by atoms with Gasteiger partial charge in [-0.25, -0.2) is 0 Å². The number of hydrogen-bond donors (Lipinski definition) is 1. The summed E-state index contributed by atoms with van der Waals surface area (Å²) in [5.74, 6) is 2.51. The Balaban J connectivity index is 1.97. The lowest BCUT2D eigenvalue weighted by molar-refractivity contribution is 0.561. The van der Waals surface area contributed by atoms with Gasteiger partial charge in [-0.15, -0.1) is 0 Å². The van der Waals surface area contributed by atoms with Crippen molar-refractivity contribution in [2.24, 2.45) is 0 Å². The van der Waals surface area contributed by atoms with E-state index in [1.807, 2.05) is 18.7 Å². The Morgan fingerprint density at radius 2 is 2.33 bits per heavy atom. The van der Waals surface area contributed by atoms with Crippen LogP contribution in [0.4, 0.5) is 0 Å². The van der Waals surface area contributed by atoms with E-state index in [2.05, 4.69) is 5.32 Å². The molecule has 0 aromatic carbocycles. The molecule has 1 rings (SSSR count). The first-order valence-corrected chi connectivity index (χ1v) is 7.11. The SMILES string of the molecule is CC(CCNC1CSC1)S(C)=O. The van der Waals surface area contributed by atoms with Crippen molar-refractivity contribution >= 4 is 22.6 Å². The fraction of sp³-hybridized carbons (Fsp3) is 1.00. The normalized spacial score (nSPS) is 23.2. The molecule has 1 aliphatic rings. The minimum absolute atomic E-state index is 0.338. The van der Waals surface area contributed by atoms with Gasteiger partial charge in [-0.2, -0.15) is 11.8 Å². The highest BCUT2D eigenvalue weighted by Crippen LogP contribution is 2.17. The monoisotopic (exact) mass is 207 g/mol. The Bertz CT molecular complexity index is 159. The molecule has 4 heteroatoms. The van der Waals surface area contributed by atoms with Crippen molar-refractivity contribution < 1.29 is 4.21 Å². The van der Waals surface area contributed by atoms with E-state index in [0.29, 0.717) is 5.25 Å². The van der Waals surface area contributed by atoms with Crippen LogP contribution in [-0.4, -0.2) is 39.8 Å². The lowest BCUT2D eigenvalue weighted by Crippen LogP contribution is -2.41. The zero-order valence-electron chi connectivity index (χ0n) is 7.71. The number of hydrogen-bond acceptors (Lipinski definition) is 3. The Labute approximate surface area is 81.3 Å². The van der Waals surface area contributed by atoms with Crippen molar-refractivity contribution in [3.05, 3.63) is 0 Å². The van der Waals surface area contributed by atoms with Crippen molar-refractivity contribution in [2.45, 2.75) is 24.6 Å².